The van der Waals surface area contributed by atoms with Crippen LogP contribution < -0.4 is 10.2 Å². The van der Waals surface area contributed by atoms with Gasteiger partial charge in [-0.25, -0.2) is 0 Å². The fourth-order valence-electron chi connectivity index (χ4n) is 3.64. The van der Waals surface area contributed by atoms with Gasteiger partial charge in [0.05, 0.1) is 12.0 Å². The van der Waals surface area contributed by atoms with E-state index < -0.39 is 11.7 Å². The van der Waals surface area contributed by atoms with E-state index in [-0.39, 0.29) is 12.3 Å². The van der Waals surface area contributed by atoms with Gasteiger partial charge >= 0.3 is 6.18 Å². The Morgan fingerprint density at radius 1 is 1.03 bits per heavy atom. The fourth-order valence-corrected chi connectivity index (χ4v) is 3.64. The monoisotopic (exact) mass is 419 g/mol. The molecule has 2 aromatic rings. The smallest absolute Gasteiger partial charge is 0.369 e. The number of nitrogens with one attached hydrogen (secondary N) is 1. The number of rotatable bonds is 7. The van der Waals surface area contributed by atoms with E-state index in [1.54, 1.807) is 0 Å². The van der Waals surface area contributed by atoms with E-state index in [0.717, 1.165) is 51.3 Å². The van der Waals surface area contributed by atoms with Crippen molar-refractivity contribution in [2.24, 2.45) is 0 Å². The molecular formula is C23H28F3N3O. The highest BCUT2D eigenvalue weighted by Gasteiger charge is 2.29. The molecule has 0 aliphatic carbocycles. The molecule has 162 valence electrons. The second-order valence-corrected chi connectivity index (χ2v) is 7.74. The third-order valence-electron chi connectivity index (χ3n) is 5.36. The van der Waals surface area contributed by atoms with Crippen LogP contribution in [0.2, 0.25) is 0 Å². The van der Waals surface area contributed by atoms with Gasteiger partial charge in [0.15, 0.2) is 0 Å². The molecule has 0 spiro atoms. The van der Waals surface area contributed by atoms with Gasteiger partial charge in [0.1, 0.15) is 0 Å². The van der Waals surface area contributed by atoms with Crippen LogP contribution in [0, 0.1) is 6.92 Å². The first-order valence-corrected chi connectivity index (χ1v) is 10.3. The first-order valence-electron chi connectivity index (χ1n) is 10.3. The Kier molecular flexibility index (Phi) is 7.37. The summed E-state index contributed by atoms with van der Waals surface area (Å²) in [6, 6.07) is 13.3. The Balaban J connectivity index is 1.32. The number of halogens is 3. The molecule has 2 aromatic carbocycles. The Bertz CT molecular complexity index is 828. The molecule has 1 amide bonds. The first-order chi connectivity index (χ1) is 14.3. The zero-order valence-corrected chi connectivity index (χ0v) is 17.2. The second-order valence-electron chi connectivity index (χ2n) is 7.74. The number of benzene rings is 2. The molecular weight excluding hydrogens is 391 g/mol. The lowest BCUT2D eigenvalue weighted by atomic mass is 10.1. The number of nitrogens with zero attached hydrogens (tertiary/aromatic N) is 2. The van der Waals surface area contributed by atoms with E-state index in [0.29, 0.717) is 12.1 Å². The van der Waals surface area contributed by atoms with E-state index in [1.807, 2.05) is 0 Å². The predicted octanol–water partition coefficient (Wildman–Crippen LogP) is 3.88. The quantitative estimate of drug-likeness (QED) is 0.692. The van der Waals surface area contributed by atoms with Crippen molar-refractivity contribution in [3.8, 4) is 0 Å². The summed E-state index contributed by atoms with van der Waals surface area (Å²) < 4.78 is 37.7. The van der Waals surface area contributed by atoms with Crippen molar-refractivity contribution in [3.63, 3.8) is 0 Å². The number of amides is 1. The number of hydrogen-bond donors (Lipinski definition) is 1. The van der Waals surface area contributed by atoms with Crippen LogP contribution in [0.5, 0.6) is 0 Å². The minimum absolute atomic E-state index is 0.0906. The number of piperazine rings is 1. The van der Waals surface area contributed by atoms with Crippen molar-refractivity contribution in [1.82, 2.24) is 10.2 Å². The standard InChI is InChI=1S/C23H28F3N3O/c1-18-4-2-5-21(16-18)29-14-12-28(13-15-29)11-3-10-27-22(30)17-19-6-8-20(9-7-19)23(24,25)26/h2,4-9,16H,3,10-15,17H2,1H3,(H,27,30). The molecule has 0 aromatic heterocycles. The number of anilines is 1. The van der Waals surface area contributed by atoms with Gasteiger partial charge in [-0.1, -0.05) is 24.3 Å². The summed E-state index contributed by atoms with van der Waals surface area (Å²) in [6.45, 7) is 7.56. The summed E-state index contributed by atoms with van der Waals surface area (Å²) in [5, 5.41) is 2.86. The van der Waals surface area contributed by atoms with E-state index in [2.05, 4.69) is 46.3 Å². The summed E-state index contributed by atoms with van der Waals surface area (Å²) in [7, 11) is 0. The molecule has 4 nitrogen and oxygen atoms in total. The van der Waals surface area contributed by atoms with E-state index in [4.69, 9.17) is 0 Å². The lowest BCUT2D eigenvalue weighted by molar-refractivity contribution is -0.137. The molecule has 0 atom stereocenters. The van der Waals surface area contributed by atoms with Crippen LogP contribution in [-0.2, 0) is 17.4 Å². The van der Waals surface area contributed by atoms with Crippen molar-refractivity contribution in [2.45, 2.75) is 25.9 Å². The average molecular weight is 419 g/mol. The molecule has 1 aliphatic rings. The Hall–Kier alpha value is -2.54. The van der Waals surface area contributed by atoms with Crippen molar-refractivity contribution >= 4 is 11.6 Å². The third-order valence-corrected chi connectivity index (χ3v) is 5.36. The maximum atomic E-state index is 12.6. The topological polar surface area (TPSA) is 35.6 Å². The van der Waals surface area contributed by atoms with Crippen LogP contribution in [0.15, 0.2) is 48.5 Å². The second kappa shape index (κ2) is 9.98. The largest absolute Gasteiger partial charge is 0.416 e. The molecule has 30 heavy (non-hydrogen) atoms. The molecule has 0 saturated carbocycles. The maximum absolute atomic E-state index is 12.6. The van der Waals surface area contributed by atoms with Crippen LogP contribution in [0.1, 0.15) is 23.1 Å². The van der Waals surface area contributed by atoms with Crippen LogP contribution in [0.3, 0.4) is 0 Å². The van der Waals surface area contributed by atoms with Gasteiger partial charge in [-0.15, -0.1) is 0 Å². The first kappa shape index (κ1) is 22.2. The zero-order chi connectivity index (χ0) is 21.6. The van der Waals surface area contributed by atoms with Gasteiger partial charge in [0.25, 0.3) is 0 Å². The number of aryl methyl sites for hydroxylation is 1. The summed E-state index contributed by atoms with van der Waals surface area (Å²) in [4.78, 5) is 16.8. The molecule has 7 heteroatoms. The average Bonchev–Trinajstić information content (AvgIpc) is 2.71. The van der Waals surface area contributed by atoms with Gasteiger partial charge in [-0.3, -0.25) is 9.69 Å². The van der Waals surface area contributed by atoms with E-state index in [9.17, 15) is 18.0 Å². The van der Waals surface area contributed by atoms with Crippen LogP contribution in [-0.4, -0.2) is 50.1 Å². The molecule has 0 radical (unpaired) electrons. The summed E-state index contributed by atoms with van der Waals surface area (Å²) in [6.07, 6.45) is -3.41. The SMILES string of the molecule is Cc1cccc(N2CCN(CCCNC(=O)Cc3ccc(C(F)(F)F)cc3)CC2)c1. The van der Waals surface area contributed by atoms with Gasteiger partial charge < -0.3 is 10.2 Å². The Labute approximate surface area is 175 Å². The molecule has 1 aliphatic heterocycles. The molecule has 1 fully saturated rings. The number of carbonyl (C=O) groups is 1. The van der Waals surface area contributed by atoms with Crippen molar-refractivity contribution in [1.29, 1.82) is 0 Å². The maximum Gasteiger partial charge on any atom is 0.416 e. The summed E-state index contributed by atoms with van der Waals surface area (Å²) in [5.41, 5.74) is 2.41. The number of hydrogen-bond acceptors (Lipinski definition) is 3. The van der Waals surface area contributed by atoms with Crippen LogP contribution in [0.25, 0.3) is 0 Å². The summed E-state index contributed by atoms with van der Waals surface area (Å²) >= 11 is 0. The fraction of sp³-hybridized carbons (Fsp3) is 0.435. The third kappa shape index (κ3) is 6.49. The molecule has 0 bridgehead atoms. The van der Waals surface area contributed by atoms with Gasteiger partial charge in [-0.2, -0.15) is 13.2 Å². The lowest BCUT2D eigenvalue weighted by Crippen LogP contribution is -2.47. The highest BCUT2D eigenvalue weighted by molar-refractivity contribution is 5.78. The zero-order valence-electron chi connectivity index (χ0n) is 17.2. The van der Waals surface area contributed by atoms with Crippen LogP contribution in [0.4, 0.5) is 18.9 Å². The summed E-state index contributed by atoms with van der Waals surface area (Å²) in [5.74, 6) is -0.168. The van der Waals surface area contributed by atoms with E-state index >= 15 is 0 Å². The van der Waals surface area contributed by atoms with Crippen molar-refractivity contribution < 1.29 is 18.0 Å². The number of carbonyl (C=O) groups excluding carboxylic acids is 1. The Morgan fingerprint density at radius 2 is 1.73 bits per heavy atom. The van der Waals surface area contributed by atoms with Gasteiger partial charge in [0, 0.05) is 38.4 Å². The van der Waals surface area contributed by atoms with Crippen molar-refractivity contribution in [2.75, 3.05) is 44.2 Å². The molecule has 1 saturated heterocycles. The van der Waals surface area contributed by atoms with E-state index in [1.165, 1.54) is 23.4 Å². The van der Waals surface area contributed by atoms with Crippen molar-refractivity contribution in [3.05, 3.63) is 65.2 Å². The highest BCUT2D eigenvalue weighted by atomic mass is 19.4. The molecule has 1 N–H and O–H groups in total. The highest BCUT2D eigenvalue weighted by Crippen LogP contribution is 2.29. The number of alkyl halides is 3. The predicted molar refractivity (Wildman–Crippen MR) is 113 cm³/mol. The normalized spacial score (nSPS) is 15.3. The molecule has 1 heterocycles. The van der Waals surface area contributed by atoms with Gasteiger partial charge in [-0.05, 0) is 55.3 Å². The van der Waals surface area contributed by atoms with Crippen LogP contribution >= 0.6 is 0 Å². The Morgan fingerprint density at radius 3 is 2.37 bits per heavy atom. The molecule has 0 unspecified atom stereocenters. The minimum atomic E-state index is -4.35. The van der Waals surface area contributed by atoms with Gasteiger partial charge in [0.2, 0.25) is 5.91 Å². The molecule has 3 rings (SSSR count). The minimum Gasteiger partial charge on any atom is -0.369 e. The lowest BCUT2D eigenvalue weighted by Gasteiger charge is -2.36.